The number of rotatable bonds is 3. The normalized spacial score (nSPS) is 13.0. The summed E-state index contributed by atoms with van der Waals surface area (Å²) >= 11 is 5.86. The molecule has 6 heteroatoms. The lowest BCUT2D eigenvalue weighted by molar-refractivity contribution is -0.137. The summed E-state index contributed by atoms with van der Waals surface area (Å²) in [6, 6.07) is 9.06. The van der Waals surface area contributed by atoms with E-state index >= 15 is 0 Å². The molecule has 0 aliphatic heterocycles. The predicted octanol–water partition coefficient (Wildman–Crippen LogP) is 5.24. The molecule has 2 aromatic carbocycles. The van der Waals surface area contributed by atoms with Gasteiger partial charge in [-0.3, -0.25) is 0 Å². The summed E-state index contributed by atoms with van der Waals surface area (Å²) < 4.78 is 38.0. The fourth-order valence-corrected chi connectivity index (χ4v) is 2.17. The van der Waals surface area contributed by atoms with Crippen LogP contribution in [0.2, 0.25) is 5.02 Å². The molecule has 0 aliphatic rings. The molecule has 0 bridgehead atoms. The van der Waals surface area contributed by atoms with E-state index in [1.807, 2.05) is 0 Å². The number of aromatic hydroxyl groups is 1. The molecule has 0 fully saturated rings. The molecule has 0 spiro atoms. The van der Waals surface area contributed by atoms with Crippen molar-refractivity contribution in [2.24, 2.45) is 0 Å². The minimum Gasteiger partial charge on any atom is -0.508 e. The van der Waals surface area contributed by atoms with E-state index in [9.17, 15) is 18.3 Å². The van der Waals surface area contributed by atoms with Crippen molar-refractivity contribution in [1.82, 2.24) is 0 Å². The summed E-state index contributed by atoms with van der Waals surface area (Å²) in [6.45, 7) is 1.73. The second-order valence-corrected chi connectivity index (χ2v) is 5.08. The first-order valence-corrected chi connectivity index (χ1v) is 6.57. The number of phenolic OH excluding ortho intramolecular Hbond substituents is 1. The van der Waals surface area contributed by atoms with Crippen LogP contribution >= 0.6 is 11.6 Å². The Bertz CT molecular complexity index is 643. The average Bonchev–Trinajstić information content (AvgIpc) is 2.41. The lowest BCUT2D eigenvalue weighted by Gasteiger charge is -2.18. The largest absolute Gasteiger partial charge is 0.508 e. The van der Waals surface area contributed by atoms with Crippen LogP contribution < -0.4 is 5.32 Å². The monoisotopic (exact) mass is 315 g/mol. The lowest BCUT2D eigenvalue weighted by Crippen LogP contribution is -2.09. The van der Waals surface area contributed by atoms with Crippen LogP contribution in [0.1, 0.15) is 24.1 Å². The Morgan fingerprint density at radius 2 is 1.86 bits per heavy atom. The van der Waals surface area contributed by atoms with E-state index in [2.05, 4.69) is 5.32 Å². The maximum atomic E-state index is 12.7. The zero-order valence-corrected chi connectivity index (χ0v) is 11.8. The number of nitrogens with one attached hydrogen (secondary N) is 1. The van der Waals surface area contributed by atoms with Crippen LogP contribution in [0.4, 0.5) is 18.9 Å². The molecule has 21 heavy (non-hydrogen) atoms. The number of hydrogen-bond acceptors (Lipinski definition) is 2. The summed E-state index contributed by atoms with van der Waals surface area (Å²) in [7, 11) is 0. The predicted molar refractivity (Wildman–Crippen MR) is 76.6 cm³/mol. The van der Waals surface area contributed by atoms with Crippen LogP contribution in [0.15, 0.2) is 42.5 Å². The Morgan fingerprint density at radius 1 is 1.14 bits per heavy atom. The third kappa shape index (κ3) is 3.82. The van der Waals surface area contributed by atoms with Gasteiger partial charge < -0.3 is 10.4 Å². The third-order valence-electron chi connectivity index (χ3n) is 3.03. The molecule has 0 saturated carbocycles. The average molecular weight is 316 g/mol. The van der Waals surface area contributed by atoms with Gasteiger partial charge in [0.1, 0.15) is 5.75 Å². The maximum absolute atomic E-state index is 12.7. The summed E-state index contributed by atoms with van der Waals surface area (Å²) in [4.78, 5) is 0. The zero-order valence-electron chi connectivity index (χ0n) is 11.1. The number of hydrogen-bond donors (Lipinski definition) is 2. The maximum Gasteiger partial charge on any atom is 0.416 e. The van der Waals surface area contributed by atoms with Crippen molar-refractivity contribution in [3.05, 3.63) is 58.6 Å². The first-order valence-electron chi connectivity index (χ1n) is 6.19. The fourth-order valence-electron chi connectivity index (χ4n) is 1.99. The van der Waals surface area contributed by atoms with Crippen LogP contribution in [-0.4, -0.2) is 5.11 Å². The van der Waals surface area contributed by atoms with Crippen LogP contribution in [0.25, 0.3) is 0 Å². The number of benzene rings is 2. The summed E-state index contributed by atoms with van der Waals surface area (Å²) in [5, 5.41) is 13.2. The SMILES string of the molecule is CC(Nc1cccc(C(F)(F)F)c1)c1cc(Cl)ccc1O. The highest BCUT2D eigenvalue weighted by Crippen LogP contribution is 2.33. The molecule has 2 rings (SSSR count). The Hall–Kier alpha value is -1.88. The standard InChI is InChI=1S/C15H13ClF3NO/c1-9(13-8-11(16)5-6-14(13)21)20-12-4-2-3-10(7-12)15(17,18)19/h2-9,20-21H,1H3. The Balaban J connectivity index is 2.23. The molecule has 0 saturated heterocycles. The quantitative estimate of drug-likeness (QED) is 0.812. The summed E-state index contributed by atoms with van der Waals surface area (Å²) in [6.07, 6.45) is -4.39. The van der Waals surface area contributed by atoms with E-state index in [1.54, 1.807) is 13.0 Å². The molecule has 0 heterocycles. The van der Waals surface area contributed by atoms with Crippen molar-refractivity contribution in [2.45, 2.75) is 19.1 Å². The van der Waals surface area contributed by atoms with Gasteiger partial charge in [-0.05, 0) is 43.3 Å². The van der Waals surface area contributed by atoms with Gasteiger partial charge in [0.15, 0.2) is 0 Å². The Morgan fingerprint density at radius 3 is 2.52 bits per heavy atom. The van der Waals surface area contributed by atoms with E-state index in [0.717, 1.165) is 12.1 Å². The van der Waals surface area contributed by atoms with E-state index in [0.29, 0.717) is 16.3 Å². The highest BCUT2D eigenvalue weighted by Gasteiger charge is 2.30. The van der Waals surface area contributed by atoms with Crippen molar-refractivity contribution < 1.29 is 18.3 Å². The molecule has 0 amide bonds. The number of phenols is 1. The van der Waals surface area contributed by atoms with Crippen molar-refractivity contribution in [3.8, 4) is 5.75 Å². The molecule has 2 N–H and O–H groups in total. The van der Waals surface area contributed by atoms with Gasteiger partial charge in [-0.15, -0.1) is 0 Å². The van der Waals surface area contributed by atoms with Gasteiger partial charge in [-0.25, -0.2) is 0 Å². The van der Waals surface area contributed by atoms with Gasteiger partial charge in [0.05, 0.1) is 11.6 Å². The second-order valence-electron chi connectivity index (χ2n) is 4.65. The van der Waals surface area contributed by atoms with Crippen molar-refractivity contribution in [2.75, 3.05) is 5.32 Å². The third-order valence-corrected chi connectivity index (χ3v) is 3.26. The van der Waals surface area contributed by atoms with Crippen LogP contribution in [0, 0.1) is 0 Å². The van der Waals surface area contributed by atoms with Crippen LogP contribution in [-0.2, 0) is 6.18 Å². The van der Waals surface area contributed by atoms with Crippen molar-refractivity contribution in [3.63, 3.8) is 0 Å². The van der Waals surface area contributed by atoms with E-state index in [4.69, 9.17) is 11.6 Å². The van der Waals surface area contributed by atoms with Crippen LogP contribution in [0.5, 0.6) is 5.75 Å². The molecule has 0 radical (unpaired) electrons. The molecule has 0 aliphatic carbocycles. The van der Waals surface area contributed by atoms with Gasteiger partial charge in [0.25, 0.3) is 0 Å². The molecule has 112 valence electrons. The van der Waals surface area contributed by atoms with Crippen molar-refractivity contribution in [1.29, 1.82) is 0 Å². The van der Waals surface area contributed by atoms with Gasteiger partial charge in [-0.2, -0.15) is 13.2 Å². The lowest BCUT2D eigenvalue weighted by atomic mass is 10.1. The van der Waals surface area contributed by atoms with Gasteiger partial charge in [-0.1, -0.05) is 17.7 Å². The second kappa shape index (κ2) is 5.85. The van der Waals surface area contributed by atoms with E-state index < -0.39 is 17.8 Å². The van der Waals surface area contributed by atoms with Crippen molar-refractivity contribution >= 4 is 17.3 Å². The number of anilines is 1. The first-order chi connectivity index (χ1) is 9.77. The smallest absolute Gasteiger partial charge is 0.416 e. The summed E-state index contributed by atoms with van der Waals surface area (Å²) in [5.74, 6) is 0.0337. The molecule has 1 atom stereocenters. The van der Waals surface area contributed by atoms with Gasteiger partial charge >= 0.3 is 6.18 Å². The fraction of sp³-hybridized carbons (Fsp3) is 0.200. The van der Waals surface area contributed by atoms with E-state index in [1.165, 1.54) is 24.3 Å². The number of halogens is 4. The first kappa shape index (κ1) is 15.5. The molecule has 2 nitrogen and oxygen atoms in total. The van der Waals surface area contributed by atoms with Crippen LogP contribution in [0.3, 0.4) is 0 Å². The molecular formula is C15H13ClF3NO. The minimum absolute atomic E-state index is 0.0337. The molecule has 1 unspecified atom stereocenters. The minimum atomic E-state index is -4.39. The summed E-state index contributed by atoms with van der Waals surface area (Å²) in [5.41, 5.74) is 0.103. The van der Waals surface area contributed by atoms with Gasteiger partial charge in [0, 0.05) is 16.3 Å². The van der Waals surface area contributed by atoms with Gasteiger partial charge in [0.2, 0.25) is 0 Å². The number of alkyl halides is 3. The highest BCUT2D eigenvalue weighted by atomic mass is 35.5. The molecule has 2 aromatic rings. The zero-order chi connectivity index (χ0) is 15.6. The molecular weight excluding hydrogens is 303 g/mol. The highest BCUT2D eigenvalue weighted by molar-refractivity contribution is 6.30. The molecule has 0 aromatic heterocycles. The topological polar surface area (TPSA) is 32.3 Å². The van der Waals surface area contributed by atoms with E-state index in [-0.39, 0.29) is 5.75 Å². The Kier molecular flexibility index (Phi) is 4.32. The Labute approximate surface area is 125 Å².